The fourth-order valence-electron chi connectivity index (χ4n) is 1.88. The summed E-state index contributed by atoms with van der Waals surface area (Å²) in [5.41, 5.74) is 3.71. The average molecular weight is 254 g/mol. The fraction of sp³-hybridized carbons (Fsp3) is 0.538. The molecule has 1 aromatic rings. The zero-order chi connectivity index (χ0) is 13.4. The van der Waals surface area contributed by atoms with Crippen molar-refractivity contribution in [1.29, 1.82) is 0 Å². The third kappa shape index (κ3) is 3.60. The molecule has 3 N–H and O–H groups in total. The summed E-state index contributed by atoms with van der Waals surface area (Å²) in [6, 6.07) is 5.60. The summed E-state index contributed by atoms with van der Waals surface area (Å²) in [5.74, 6) is 7.13. The Morgan fingerprint density at radius 1 is 1.22 bits per heavy atom. The molecule has 5 heteroatoms. The number of ether oxygens (including phenoxy) is 3. The molecule has 0 aliphatic heterocycles. The first-order valence-corrected chi connectivity index (χ1v) is 6.03. The molecule has 0 amide bonds. The van der Waals surface area contributed by atoms with Crippen molar-refractivity contribution in [2.75, 3.05) is 27.4 Å². The van der Waals surface area contributed by atoms with Gasteiger partial charge >= 0.3 is 0 Å². The topological polar surface area (TPSA) is 65.7 Å². The summed E-state index contributed by atoms with van der Waals surface area (Å²) in [4.78, 5) is 0. The first kappa shape index (κ1) is 14.8. The van der Waals surface area contributed by atoms with Gasteiger partial charge in [-0.25, -0.2) is 0 Å². The molecule has 5 nitrogen and oxygen atoms in total. The SMILES string of the molecule is CCOCCC(NN)c1c(OC)cccc1OC. The van der Waals surface area contributed by atoms with Crippen LogP contribution >= 0.6 is 0 Å². The molecule has 0 fully saturated rings. The molecule has 0 spiro atoms. The highest BCUT2D eigenvalue weighted by Crippen LogP contribution is 2.35. The van der Waals surface area contributed by atoms with Gasteiger partial charge in [-0.2, -0.15) is 0 Å². The summed E-state index contributed by atoms with van der Waals surface area (Å²) in [5, 5.41) is 0. The van der Waals surface area contributed by atoms with Gasteiger partial charge in [0.05, 0.1) is 25.8 Å². The predicted molar refractivity (Wildman–Crippen MR) is 70.7 cm³/mol. The third-order valence-electron chi connectivity index (χ3n) is 2.77. The van der Waals surface area contributed by atoms with E-state index in [0.29, 0.717) is 13.2 Å². The van der Waals surface area contributed by atoms with E-state index in [-0.39, 0.29) is 6.04 Å². The van der Waals surface area contributed by atoms with E-state index in [0.717, 1.165) is 23.5 Å². The molecule has 18 heavy (non-hydrogen) atoms. The number of rotatable bonds is 8. The zero-order valence-electron chi connectivity index (χ0n) is 11.2. The molecular weight excluding hydrogens is 232 g/mol. The summed E-state index contributed by atoms with van der Waals surface area (Å²) in [6.07, 6.45) is 0.751. The van der Waals surface area contributed by atoms with Gasteiger partial charge in [-0.1, -0.05) is 6.07 Å². The first-order chi connectivity index (χ1) is 8.78. The van der Waals surface area contributed by atoms with Gasteiger partial charge in [0.2, 0.25) is 0 Å². The molecule has 0 saturated heterocycles. The van der Waals surface area contributed by atoms with Crippen LogP contribution in [0.15, 0.2) is 18.2 Å². The van der Waals surface area contributed by atoms with Crippen LogP contribution in [0.5, 0.6) is 11.5 Å². The zero-order valence-corrected chi connectivity index (χ0v) is 11.2. The van der Waals surface area contributed by atoms with E-state index in [1.165, 1.54) is 0 Å². The van der Waals surface area contributed by atoms with Crippen LogP contribution in [-0.4, -0.2) is 27.4 Å². The van der Waals surface area contributed by atoms with E-state index in [1.54, 1.807) is 14.2 Å². The van der Waals surface area contributed by atoms with Crippen molar-refractivity contribution in [3.63, 3.8) is 0 Å². The normalized spacial score (nSPS) is 12.2. The highest BCUT2D eigenvalue weighted by atomic mass is 16.5. The Morgan fingerprint density at radius 2 is 1.83 bits per heavy atom. The Balaban J connectivity index is 2.94. The molecule has 1 atom stereocenters. The average Bonchev–Trinajstić information content (AvgIpc) is 2.43. The highest BCUT2D eigenvalue weighted by molar-refractivity contribution is 5.46. The van der Waals surface area contributed by atoms with Gasteiger partial charge in [0.1, 0.15) is 11.5 Å². The van der Waals surface area contributed by atoms with E-state index in [9.17, 15) is 0 Å². The van der Waals surface area contributed by atoms with Crippen molar-refractivity contribution < 1.29 is 14.2 Å². The lowest BCUT2D eigenvalue weighted by atomic mass is 10.0. The Kier molecular flexibility index (Phi) is 6.49. The number of benzene rings is 1. The Bertz CT molecular complexity index is 336. The van der Waals surface area contributed by atoms with Gasteiger partial charge in [-0.3, -0.25) is 11.3 Å². The second kappa shape index (κ2) is 7.92. The van der Waals surface area contributed by atoms with Crippen LogP contribution in [0.1, 0.15) is 24.9 Å². The smallest absolute Gasteiger partial charge is 0.127 e. The summed E-state index contributed by atoms with van der Waals surface area (Å²) in [6.45, 7) is 3.29. The van der Waals surface area contributed by atoms with E-state index in [2.05, 4.69) is 5.43 Å². The molecule has 0 heterocycles. The maximum absolute atomic E-state index is 5.62. The van der Waals surface area contributed by atoms with Gasteiger partial charge in [-0.15, -0.1) is 0 Å². The standard InChI is InChI=1S/C13H22N2O3/c1-4-18-9-8-10(15-14)13-11(16-2)6-5-7-12(13)17-3/h5-7,10,15H,4,8-9,14H2,1-3H3. The quantitative estimate of drug-likeness (QED) is 0.419. The van der Waals surface area contributed by atoms with Gasteiger partial charge < -0.3 is 14.2 Å². The molecule has 1 unspecified atom stereocenters. The number of nitrogens with two attached hydrogens (primary N) is 1. The molecule has 0 aliphatic rings. The number of methoxy groups -OCH3 is 2. The lowest BCUT2D eigenvalue weighted by Gasteiger charge is -2.21. The predicted octanol–water partition coefficient (Wildman–Crippen LogP) is 1.63. The van der Waals surface area contributed by atoms with Crippen LogP contribution in [0.2, 0.25) is 0 Å². The Morgan fingerprint density at radius 3 is 2.28 bits per heavy atom. The summed E-state index contributed by atoms with van der Waals surface area (Å²) < 4.78 is 16.1. The van der Waals surface area contributed by atoms with E-state index in [1.807, 2.05) is 25.1 Å². The molecule has 0 saturated carbocycles. The molecule has 0 aromatic heterocycles. The fourth-order valence-corrected chi connectivity index (χ4v) is 1.88. The van der Waals surface area contributed by atoms with Crippen LogP contribution in [0.25, 0.3) is 0 Å². The minimum absolute atomic E-state index is 0.0670. The molecule has 1 rings (SSSR count). The van der Waals surface area contributed by atoms with E-state index < -0.39 is 0 Å². The van der Waals surface area contributed by atoms with E-state index in [4.69, 9.17) is 20.1 Å². The maximum Gasteiger partial charge on any atom is 0.127 e. The van der Waals surface area contributed by atoms with Gasteiger partial charge in [-0.05, 0) is 25.5 Å². The minimum atomic E-state index is -0.0670. The summed E-state index contributed by atoms with van der Waals surface area (Å²) in [7, 11) is 3.27. The van der Waals surface area contributed by atoms with Crippen molar-refractivity contribution in [3.05, 3.63) is 23.8 Å². The molecule has 102 valence electrons. The number of nitrogens with one attached hydrogen (secondary N) is 1. The number of hydrazine groups is 1. The lowest BCUT2D eigenvalue weighted by molar-refractivity contribution is 0.135. The maximum atomic E-state index is 5.62. The van der Waals surface area contributed by atoms with Crippen LogP contribution < -0.4 is 20.7 Å². The van der Waals surface area contributed by atoms with Crippen molar-refractivity contribution in [2.24, 2.45) is 5.84 Å². The second-order valence-corrected chi connectivity index (χ2v) is 3.78. The number of hydrogen-bond acceptors (Lipinski definition) is 5. The van der Waals surface area contributed by atoms with Crippen LogP contribution in [0.3, 0.4) is 0 Å². The molecule has 0 radical (unpaired) electrons. The van der Waals surface area contributed by atoms with Crippen molar-refractivity contribution in [1.82, 2.24) is 5.43 Å². The Labute approximate surface area is 108 Å². The van der Waals surface area contributed by atoms with E-state index >= 15 is 0 Å². The van der Waals surface area contributed by atoms with Gasteiger partial charge in [0.25, 0.3) is 0 Å². The molecular formula is C13H22N2O3. The molecule has 0 bridgehead atoms. The summed E-state index contributed by atoms with van der Waals surface area (Å²) >= 11 is 0. The lowest BCUT2D eigenvalue weighted by Crippen LogP contribution is -2.29. The third-order valence-corrected chi connectivity index (χ3v) is 2.77. The minimum Gasteiger partial charge on any atom is -0.496 e. The number of hydrogen-bond donors (Lipinski definition) is 2. The van der Waals surface area contributed by atoms with Crippen molar-refractivity contribution in [2.45, 2.75) is 19.4 Å². The Hall–Kier alpha value is -1.30. The largest absolute Gasteiger partial charge is 0.496 e. The van der Waals surface area contributed by atoms with Gasteiger partial charge in [0.15, 0.2) is 0 Å². The van der Waals surface area contributed by atoms with Crippen LogP contribution in [0, 0.1) is 0 Å². The van der Waals surface area contributed by atoms with Crippen molar-refractivity contribution >= 4 is 0 Å². The monoisotopic (exact) mass is 254 g/mol. The molecule has 0 aliphatic carbocycles. The molecule has 1 aromatic carbocycles. The highest BCUT2D eigenvalue weighted by Gasteiger charge is 2.19. The van der Waals surface area contributed by atoms with Crippen molar-refractivity contribution in [3.8, 4) is 11.5 Å². The van der Waals surface area contributed by atoms with Crippen LogP contribution in [0.4, 0.5) is 0 Å². The second-order valence-electron chi connectivity index (χ2n) is 3.78. The van der Waals surface area contributed by atoms with Gasteiger partial charge in [0, 0.05) is 13.2 Å². The van der Waals surface area contributed by atoms with Crippen LogP contribution in [-0.2, 0) is 4.74 Å². The first-order valence-electron chi connectivity index (χ1n) is 6.03.